The smallest absolute Gasteiger partial charge is 0.322 e. The van der Waals surface area contributed by atoms with Gasteiger partial charge in [0.2, 0.25) is 0 Å². The molecule has 2 amide bonds. The number of carbonyl (C=O) groups excluding carboxylic acids is 1. The number of nitrogens with zero attached hydrogens (tertiary/aromatic N) is 1. The second kappa shape index (κ2) is 5.31. The number of likely N-dealkylation sites (tertiary alicyclic amines) is 1. The lowest BCUT2D eigenvalue weighted by atomic mass is 9.97. The molecule has 0 radical (unpaired) electrons. The van der Waals surface area contributed by atoms with Crippen LogP contribution in [0, 0.1) is 0 Å². The fourth-order valence-electron chi connectivity index (χ4n) is 2.98. The van der Waals surface area contributed by atoms with Gasteiger partial charge in [-0.1, -0.05) is 18.9 Å². The summed E-state index contributed by atoms with van der Waals surface area (Å²) in [5, 5.41) is 2.79. The van der Waals surface area contributed by atoms with Gasteiger partial charge in [0.25, 0.3) is 0 Å². The summed E-state index contributed by atoms with van der Waals surface area (Å²) in [4.78, 5) is 13.4. The van der Waals surface area contributed by atoms with Crippen molar-refractivity contribution in [2.45, 2.75) is 37.8 Å². The normalized spacial score (nSPS) is 19.9. The Labute approximate surface area is 118 Å². The minimum atomic E-state index is -0.886. The number of rotatable bonds is 2. The SMILES string of the molecule is Nc1ccc(C2CCCC2)cc1NC(=O)N1CC(F)C1. The van der Waals surface area contributed by atoms with E-state index in [0.717, 1.165) is 0 Å². The monoisotopic (exact) mass is 277 g/mol. The topological polar surface area (TPSA) is 58.4 Å². The number of benzene rings is 1. The summed E-state index contributed by atoms with van der Waals surface area (Å²) in [5.41, 5.74) is 8.34. The van der Waals surface area contributed by atoms with Crippen molar-refractivity contribution in [1.82, 2.24) is 4.90 Å². The van der Waals surface area contributed by atoms with Gasteiger partial charge >= 0.3 is 6.03 Å². The van der Waals surface area contributed by atoms with Crippen LogP contribution in [0.2, 0.25) is 0 Å². The van der Waals surface area contributed by atoms with Crippen molar-refractivity contribution < 1.29 is 9.18 Å². The van der Waals surface area contributed by atoms with Crippen molar-refractivity contribution in [2.75, 3.05) is 24.1 Å². The van der Waals surface area contributed by atoms with Gasteiger partial charge in [0, 0.05) is 0 Å². The predicted octanol–water partition coefficient (Wildman–Crippen LogP) is 3.11. The van der Waals surface area contributed by atoms with Gasteiger partial charge in [-0.05, 0) is 36.5 Å². The van der Waals surface area contributed by atoms with Crippen molar-refractivity contribution in [1.29, 1.82) is 0 Å². The predicted molar refractivity (Wildman–Crippen MR) is 77.6 cm³/mol. The number of anilines is 2. The van der Waals surface area contributed by atoms with Gasteiger partial charge in [-0.3, -0.25) is 0 Å². The van der Waals surface area contributed by atoms with Gasteiger partial charge in [-0.25, -0.2) is 9.18 Å². The van der Waals surface area contributed by atoms with Crippen LogP contribution in [0.1, 0.15) is 37.2 Å². The van der Waals surface area contributed by atoms with E-state index in [4.69, 9.17) is 5.73 Å². The van der Waals surface area contributed by atoms with Crippen molar-refractivity contribution in [3.05, 3.63) is 23.8 Å². The molecule has 1 aliphatic carbocycles. The zero-order chi connectivity index (χ0) is 14.1. The van der Waals surface area contributed by atoms with Crippen LogP contribution in [0.5, 0.6) is 0 Å². The number of carbonyl (C=O) groups is 1. The second-order valence-corrected chi connectivity index (χ2v) is 5.76. The molecule has 3 N–H and O–H groups in total. The fourth-order valence-corrected chi connectivity index (χ4v) is 2.98. The molecule has 20 heavy (non-hydrogen) atoms. The van der Waals surface area contributed by atoms with E-state index in [1.165, 1.54) is 36.1 Å². The van der Waals surface area contributed by atoms with Crippen LogP contribution >= 0.6 is 0 Å². The number of nitrogens with two attached hydrogens (primary N) is 1. The first-order valence-electron chi connectivity index (χ1n) is 7.23. The molecule has 1 aromatic carbocycles. The van der Waals surface area contributed by atoms with E-state index in [-0.39, 0.29) is 19.1 Å². The molecule has 1 saturated carbocycles. The highest BCUT2D eigenvalue weighted by molar-refractivity contribution is 5.93. The number of amides is 2. The second-order valence-electron chi connectivity index (χ2n) is 5.76. The summed E-state index contributed by atoms with van der Waals surface area (Å²) >= 11 is 0. The molecular weight excluding hydrogens is 257 g/mol. The lowest BCUT2D eigenvalue weighted by Gasteiger charge is -2.34. The molecule has 4 nitrogen and oxygen atoms in total. The van der Waals surface area contributed by atoms with E-state index in [1.54, 1.807) is 0 Å². The first kappa shape index (κ1) is 13.2. The fraction of sp³-hybridized carbons (Fsp3) is 0.533. The van der Waals surface area contributed by atoms with Crippen molar-refractivity contribution in [3.8, 4) is 0 Å². The maximum Gasteiger partial charge on any atom is 0.322 e. The highest BCUT2D eigenvalue weighted by atomic mass is 19.1. The molecule has 0 bridgehead atoms. The van der Waals surface area contributed by atoms with Gasteiger partial charge in [0.05, 0.1) is 24.5 Å². The van der Waals surface area contributed by atoms with Crippen LogP contribution in [-0.2, 0) is 0 Å². The number of nitrogens with one attached hydrogen (secondary N) is 1. The minimum absolute atomic E-state index is 0.175. The number of halogens is 1. The number of nitrogen functional groups attached to an aromatic ring is 1. The van der Waals surface area contributed by atoms with E-state index >= 15 is 0 Å². The Morgan fingerprint density at radius 2 is 2.00 bits per heavy atom. The molecule has 108 valence electrons. The van der Waals surface area contributed by atoms with Crippen LogP contribution in [0.15, 0.2) is 18.2 Å². The minimum Gasteiger partial charge on any atom is -0.397 e. The van der Waals surface area contributed by atoms with Crippen molar-refractivity contribution in [3.63, 3.8) is 0 Å². The molecule has 0 unspecified atom stereocenters. The summed E-state index contributed by atoms with van der Waals surface area (Å²) in [6, 6.07) is 5.59. The zero-order valence-electron chi connectivity index (χ0n) is 11.4. The standard InChI is InChI=1S/C15H20FN3O/c16-12-8-19(9-12)15(20)18-14-7-11(5-6-13(14)17)10-3-1-2-4-10/h5-7,10,12H,1-4,8-9,17H2,(H,18,20). The van der Waals surface area contributed by atoms with E-state index in [1.807, 2.05) is 18.2 Å². The molecule has 1 heterocycles. The van der Waals surface area contributed by atoms with Gasteiger partial charge < -0.3 is 16.0 Å². The van der Waals surface area contributed by atoms with Gasteiger partial charge in [0.15, 0.2) is 0 Å². The molecule has 0 atom stereocenters. The lowest BCUT2D eigenvalue weighted by Crippen LogP contribution is -2.53. The largest absolute Gasteiger partial charge is 0.397 e. The third-order valence-electron chi connectivity index (χ3n) is 4.27. The molecule has 0 spiro atoms. The molecule has 1 aromatic rings. The zero-order valence-corrected chi connectivity index (χ0v) is 11.4. The number of urea groups is 1. The maximum absolute atomic E-state index is 12.8. The first-order valence-corrected chi connectivity index (χ1v) is 7.23. The summed E-state index contributed by atoms with van der Waals surface area (Å²) in [6.07, 6.45) is 4.05. The highest BCUT2D eigenvalue weighted by Crippen LogP contribution is 2.36. The highest BCUT2D eigenvalue weighted by Gasteiger charge is 2.30. The quantitative estimate of drug-likeness (QED) is 0.816. The van der Waals surface area contributed by atoms with Crippen molar-refractivity contribution in [2.24, 2.45) is 0 Å². The average Bonchev–Trinajstić information content (AvgIpc) is 2.91. The van der Waals surface area contributed by atoms with E-state index in [0.29, 0.717) is 17.3 Å². The number of hydrogen-bond donors (Lipinski definition) is 2. The van der Waals surface area contributed by atoms with Crippen LogP contribution in [0.25, 0.3) is 0 Å². The Morgan fingerprint density at radius 1 is 1.30 bits per heavy atom. The molecule has 2 aliphatic rings. The third kappa shape index (κ3) is 2.57. The summed E-state index contributed by atoms with van der Waals surface area (Å²) < 4.78 is 12.8. The average molecular weight is 277 g/mol. The molecule has 0 aromatic heterocycles. The Balaban J connectivity index is 1.71. The molecule has 2 fully saturated rings. The van der Waals surface area contributed by atoms with Crippen LogP contribution in [-0.4, -0.2) is 30.2 Å². The van der Waals surface area contributed by atoms with Crippen LogP contribution in [0.3, 0.4) is 0 Å². The molecule has 3 rings (SSSR count). The maximum atomic E-state index is 12.8. The van der Waals surface area contributed by atoms with Crippen LogP contribution < -0.4 is 11.1 Å². The number of hydrogen-bond acceptors (Lipinski definition) is 2. The Bertz CT molecular complexity index is 508. The van der Waals surface area contributed by atoms with E-state index < -0.39 is 6.17 Å². The summed E-state index contributed by atoms with van der Waals surface area (Å²) in [7, 11) is 0. The molecular formula is C15H20FN3O. The van der Waals surface area contributed by atoms with E-state index in [2.05, 4.69) is 5.32 Å². The third-order valence-corrected chi connectivity index (χ3v) is 4.27. The van der Waals surface area contributed by atoms with Gasteiger partial charge in [0.1, 0.15) is 6.17 Å². The Kier molecular flexibility index (Phi) is 3.51. The Morgan fingerprint density at radius 3 is 2.65 bits per heavy atom. The lowest BCUT2D eigenvalue weighted by molar-refractivity contribution is 0.0974. The summed E-state index contributed by atoms with van der Waals surface area (Å²) in [6.45, 7) is 0.349. The van der Waals surface area contributed by atoms with Crippen LogP contribution in [0.4, 0.5) is 20.6 Å². The Hall–Kier alpha value is -1.78. The molecule has 1 saturated heterocycles. The van der Waals surface area contributed by atoms with Crippen molar-refractivity contribution >= 4 is 17.4 Å². The summed E-state index contributed by atoms with van der Waals surface area (Å²) in [5.74, 6) is 0.575. The molecule has 1 aliphatic heterocycles. The van der Waals surface area contributed by atoms with Gasteiger partial charge in [-0.15, -0.1) is 0 Å². The van der Waals surface area contributed by atoms with Gasteiger partial charge in [-0.2, -0.15) is 0 Å². The molecule has 5 heteroatoms. The van der Waals surface area contributed by atoms with E-state index in [9.17, 15) is 9.18 Å². The first-order chi connectivity index (χ1) is 9.63. The number of alkyl halides is 1.